The fraction of sp³-hybridized carbons (Fsp3) is 0.458. The summed E-state index contributed by atoms with van der Waals surface area (Å²) in [4.78, 5) is 3.72. The molecule has 3 heterocycles. The average Bonchev–Trinajstić information content (AvgIpc) is 3.24. The number of fused-ring (bicyclic) bond motifs is 3. The second kappa shape index (κ2) is 8.95. The van der Waals surface area contributed by atoms with Gasteiger partial charge in [-0.25, -0.2) is 0 Å². The van der Waals surface area contributed by atoms with Gasteiger partial charge in [-0.2, -0.15) is 18.3 Å². The number of nitrogens with zero attached hydrogens (tertiary/aromatic N) is 3. The molecule has 0 aliphatic carbocycles. The molecule has 1 fully saturated rings. The number of aromatic nitrogens is 2. The van der Waals surface area contributed by atoms with Gasteiger partial charge in [0.15, 0.2) is 0 Å². The second-order valence-corrected chi connectivity index (χ2v) is 8.97. The summed E-state index contributed by atoms with van der Waals surface area (Å²) in [5, 5.41) is 11.5. The Kier molecular flexibility index (Phi) is 6.01. The third kappa shape index (κ3) is 4.70. The molecule has 5 rings (SSSR count). The zero-order valence-corrected chi connectivity index (χ0v) is 18.2. The molecule has 0 amide bonds. The summed E-state index contributed by atoms with van der Waals surface area (Å²) in [6.07, 6.45) is -1.40. The Bertz CT molecular complexity index is 1090. The standard InChI is InChI=1S/C24H27F4N5/c25-9-1-10-32-13-18(14-32)30-17-4-2-16(3-5-17)23-20-6-7-22-21(12-29-31-22)19(20)8-11-33(23)15-24(26,27)28/h2-7,12,18,23,30H,1,8-11,13-15H2,(H,29,31). The van der Waals surface area contributed by atoms with Gasteiger partial charge in [0, 0.05) is 37.3 Å². The summed E-state index contributed by atoms with van der Waals surface area (Å²) in [6, 6.07) is 11.4. The van der Waals surface area contributed by atoms with E-state index in [1.807, 2.05) is 36.4 Å². The molecule has 2 aliphatic rings. The van der Waals surface area contributed by atoms with Crippen molar-refractivity contribution in [1.29, 1.82) is 0 Å². The number of hydrogen-bond acceptors (Lipinski definition) is 4. The first-order valence-electron chi connectivity index (χ1n) is 11.3. The Morgan fingerprint density at radius 1 is 1.09 bits per heavy atom. The molecule has 9 heteroatoms. The van der Waals surface area contributed by atoms with Crippen molar-refractivity contribution in [3.05, 3.63) is 59.3 Å². The number of alkyl halides is 4. The molecule has 5 nitrogen and oxygen atoms in total. The smallest absolute Gasteiger partial charge is 0.380 e. The fourth-order valence-corrected chi connectivity index (χ4v) is 5.12. The quantitative estimate of drug-likeness (QED) is 0.508. The number of H-pyrrole nitrogens is 1. The molecule has 1 aromatic heterocycles. The van der Waals surface area contributed by atoms with Crippen LogP contribution in [0.2, 0.25) is 0 Å². The minimum absolute atomic E-state index is 0.294. The number of rotatable bonds is 7. The third-order valence-electron chi connectivity index (χ3n) is 6.63. The van der Waals surface area contributed by atoms with Crippen LogP contribution in [0, 0.1) is 0 Å². The summed E-state index contributed by atoms with van der Waals surface area (Å²) < 4.78 is 52.4. The van der Waals surface area contributed by atoms with Crippen molar-refractivity contribution in [2.45, 2.75) is 31.1 Å². The van der Waals surface area contributed by atoms with Crippen molar-refractivity contribution < 1.29 is 17.6 Å². The molecule has 1 unspecified atom stereocenters. The van der Waals surface area contributed by atoms with Crippen molar-refractivity contribution in [1.82, 2.24) is 20.0 Å². The van der Waals surface area contributed by atoms with Crippen LogP contribution in [0.15, 0.2) is 42.6 Å². The van der Waals surface area contributed by atoms with Crippen LogP contribution < -0.4 is 5.32 Å². The van der Waals surface area contributed by atoms with Crippen LogP contribution in [0.1, 0.15) is 29.2 Å². The number of likely N-dealkylation sites (tertiary alicyclic amines) is 1. The molecule has 0 spiro atoms. The predicted molar refractivity (Wildman–Crippen MR) is 120 cm³/mol. The zero-order chi connectivity index (χ0) is 23.0. The van der Waals surface area contributed by atoms with Crippen LogP contribution in [0.25, 0.3) is 10.9 Å². The molecule has 0 bridgehead atoms. The number of aromatic amines is 1. The Labute approximate surface area is 189 Å². The highest BCUT2D eigenvalue weighted by Crippen LogP contribution is 2.39. The van der Waals surface area contributed by atoms with E-state index in [1.54, 1.807) is 6.20 Å². The summed E-state index contributed by atoms with van der Waals surface area (Å²) in [5.74, 6) is 0. The lowest BCUT2D eigenvalue weighted by molar-refractivity contribution is -0.150. The topological polar surface area (TPSA) is 47.2 Å². The van der Waals surface area contributed by atoms with E-state index in [9.17, 15) is 17.6 Å². The highest BCUT2D eigenvalue weighted by molar-refractivity contribution is 5.83. The lowest BCUT2D eigenvalue weighted by Gasteiger charge is -2.40. The first-order chi connectivity index (χ1) is 15.9. The van der Waals surface area contributed by atoms with Crippen LogP contribution in [0.5, 0.6) is 0 Å². The maximum absolute atomic E-state index is 13.4. The van der Waals surface area contributed by atoms with E-state index >= 15 is 0 Å². The zero-order valence-electron chi connectivity index (χ0n) is 18.2. The first-order valence-corrected chi connectivity index (χ1v) is 11.3. The Balaban J connectivity index is 1.37. The van der Waals surface area contributed by atoms with Gasteiger partial charge in [0.2, 0.25) is 0 Å². The van der Waals surface area contributed by atoms with Gasteiger partial charge in [-0.1, -0.05) is 18.2 Å². The first kappa shape index (κ1) is 22.2. The number of nitrogens with one attached hydrogen (secondary N) is 2. The predicted octanol–water partition coefficient (Wildman–Crippen LogP) is 4.53. The summed E-state index contributed by atoms with van der Waals surface area (Å²) >= 11 is 0. The van der Waals surface area contributed by atoms with Gasteiger partial charge < -0.3 is 5.32 Å². The number of anilines is 1. The maximum Gasteiger partial charge on any atom is 0.401 e. The van der Waals surface area contributed by atoms with Gasteiger partial charge in [-0.3, -0.25) is 19.3 Å². The van der Waals surface area contributed by atoms with Gasteiger partial charge in [0.1, 0.15) is 0 Å². The Hall–Kier alpha value is -2.65. The van der Waals surface area contributed by atoms with E-state index in [-0.39, 0.29) is 6.67 Å². The van der Waals surface area contributed by atoms with E-state index in [2.05, 4.69) is 20.4 Å². The molecule has 3 aromatic rings. The second-order valence-electron chi connectivity index (χ2n) is 8.97. The number of halogens is 4. The van der Waals surface area contributed by atoms with Gasteiger partial charge >= 0.3 is 6.18 Å². The molecule has 0 radical (unpaired) electrons. The van der Waals surface area contributed by atoms with Crippen molar-refractivity contribution in [2.75, 3.05) is 44.7 Å². The minimum Gasteiger partial charge on any atom is -0.380 e. The van der Waals surface area contributed by atoms with Crippen LogP contribution in [-0.4, -0.2) is 71.6 Å². The Morgan fingerprint density at radius 2 is 1.88 bits per heavy atom. The molecular formula is C24H27F4N5. The van der Waals surface area contributed by atoms with Crippen molar-refractivity contribution >= 4 is 16.6 Å². The van der Waals surface area contributed by atoms with Crippen LogP contribution >= 0.6 is 0 Å². The summed E-state index contributed by atoms with van der Waals surface area (Å²) in [6.45, 7) is 1.61. The molecular weight excluding hydrogens is 434 g/mol. The van der Waals surface area contributed by atoms with Crippen molar-refractivity contribution in [3.63, 3.8) is 0 Å². The van der Waals surface area contributed by atoms with E-state index in [4.69, 9.17) is 0 Å². The van der Waals surface area contributed by atoms with E-state index in [0.717, 1.165) is 52.9 Å². The molecule has 2 N–H and O–H groups in total. The van der Waals surface area contributed by atoms with Gasteiger partial charge in [-0.05, 0) is 47.7 Å². The van der Waals surface area contributed by atoms with Crippen molar-refractivity contribution in [2.24, 2.45) is 0 Å². The number of hydrogen-bond donors (Lipinski definition) is 2. The largest absolute Gasteiger partial charge is 0.401 e. The normalized spacial score (nSPS) is 20.1. The molecule has 33 heavy (non-hydrogen) atoms. The lowest BCUT2D eigenvalue weighted by atomic mass is 9.86. The number of benzene rings is 2. The fourth-order valence-electron chi connectivity index (χ4n) is 5.12. The highest BCUT2D eigenvalue weighted by Gasteiger charge is 2.38. The molecule has 1 saturated heterocycles. The molecule has 0 saturated carbocycles. The van der Waals surface area contributed by atoms with Gasteiger partial charge in [0.05, 0.1) is 37.0 Å². The van der Waals surface area contributed by atoms with Crippen LogP contribution in [0.4, 0.5) is 23.2 Å². The third-order valence-corrected chi connectivity index (χ3v) is 6.63. The maximum atomic E-state index is 13.4. The highest BCUT2D eigenvalue weighted by atomic mass is 19.4. The molecule has 2 aromatic carbocycles. The minimum atomic E-state index is -4.27. The molecule has 176 valence electrons. The molecule has 1 atom stereocenters. The Morgan fingerprint density at radius 3 is 2.61 bits per heavy atom. The van der Waals surface area contributed by atoms with Gasteiger partial charge in [-0.15, -0.1) is 0 Å². The lowest BCUT2D eigenvalue weighted by Crippen LogP contribution is -2.54. The van der Waals surface area contributed by atoms with E-state index in [0.29, 0.717) is 25.4 Å². The van der Waals surface area contributed by atoms with Crippen molar-refractivity contribution in [3.8, 4) is 0 Å². The average molecular weight is 462 g/mol. The van der Waals surface area contributed by atoms with E-state index in [1.165, 1.54) is 4.90 Å². The van der Waals surface area contributed by atoms with E-state index < -0.39 is 18.8 Å². The van der Waals surface area contributed by atoms with Crippen LogP contribution in [-0.2, 0) is 6.42 Å². The van der Waals surface area contributed by atoms with Gasteiger partial charge in [0.25, 0.3) is 0 Å². The monoisotopic (exact) mass is 461 g/mol. The van der Waals surface area contributed by atoms with Crippen LogP contribution in [0.3, 0.4) is 0 Å². The SMILES string of the molecule is FCCCN1CC(Nc2ccc(C3c4ccc5[nH]ncc5c4CCN3CC(F)(F)F)cc2)C1. The molecule has 2 aliphatic heterocycles. The summed E-state index contributed by atoms with van der Waals surface area (Å²) in [5.41, 5.74) is 4.65. The summed E-state index contributed by atoms with van der Waals surface area (Å²) in [7, 11) is 0.